The Morgan fingerprint density at radius 1 is 1.47 bits per heavy atom. The molecular weight excluding hydrogens is 328 g/mol. The summed E-state index contributed by atoms with van der Waals surface area (Å²) in [5.41, 5.74) is -0.266. The van der Waals surface area contributed by atoms with E-state index in [1.165, 1.54) is 5.01 Å². The highest BCUT2D eigenvalue weighted by Gasteiger charge is 2.70. The molecule has 4 rings (SSSR count). The van der Waals surface area contributed by atoms with Gasteiger partial charge in [-0.25, -0.2) is 9.78 Å². The molecule has 3 fully saturated rings. The number of carbonyl (C=O) groups excluding carboxylic acids is 1. The highest BCUT2D eigenvalue weighted by molar-refractivity contribution is 9.11. The minimum absolute atomic E-state index is 0.0412. The number of thiazole rings is 1. The first-order valence-corrected chi connectivity index (χ1v) is 7.96. The molecule has 3 aliphatic rings. The summed E-state index contributed by atoms with van der Waals surface area (Å²) in [5, 5.41) is 4.21. The number of hydrogen-bond donors (Lipinski definition) is 1. The first-order chi connectivity index (χ1) is 8.72. The van der Waals surface area contributed by atoms with E-state index in [9.17, 15) is 4.79 Å². The number of ether oxygens (including phenoxy) is 1. The van der Waals surface area contributed by atoms with Gasteiger partial charge in [0.1, 0.15) is 10.6 Å². The van der Waals surface area contributed by atoms with Crippen molar-refractivity contribution in [2.75, 3.05) is 0 Å². The number of nitrogens with one attached hydrogen (secondary N) is 1. The zero-order valence-corrected chi connectivity index (χ0v) is 13.7. The maximum Gasteiger partial charge on any atom is 0.408 e. The van der Waals surface area contributed by atoms with E-state index in [4.69, 9.17) is 4.74 Å². The van der Waals surface area contributed by atoms with Crippen LogP contribution in [0.25, 0.3) is 0 Å². The van der Waals surface area contributed by atoms with Crippen molar-refractivity contribution < 1.29 is 9.53 Å². The van der Waals surface area contributed by atoms with Gasteiger partial charge in [-0.2, -0.15) is 0 Å². The molecule has 3 saturated carbocycles. The van der Waals surface area contributed by atoms with Gasteiger partial charge in [-0.05, 0) is 56.0 Å². The van der Waals surface area contributed by atoms with Gasteiger partial charge in [-0.15, -0.1) is 11.3 Å². The fraction of sp³-hybridized carbons (Fsp3) is 0.692. The topological polar surface area (TPSA) is 51.2 Å². The predicted molar refractivity (Wildman–Crippen MR) is 77.4 cm³/mol. The monoisotopic (exact) mass is 344 g/mol. The Hall–Kier alpha value is -0.620. The molecule has 0 aliphatic heterocycles. The van der Waals surface area contributed by atoms with Crippen LogP contribution in [0, 0.1) is 0 Å². The fourth-order valence-electron chi connectivity index (χ4n) is 3.17. The second kappa shape index (κ2) is 3.95. The summed E-state index contributed by atoms with van der Waals surface area (Å²) in [4.78, 5) is 16.2. The van der Waals surface area contributed by atoms with Crippen molar-refractivity contribution in [3.8, 4) is 0 Å². The zero-order valence-electron chi connectivity index (χ0n) is 11.2. The summed E-state index contributed by atoms with van der Waals surface area (Å²) in [7, 11) is 0. The van der Waals surface area contributed by atoms with E-state index < -0.39 is 5.60 Å². The van der Waals surface area contributed by atoms with Crippen molar-refractivity contribution in [2.24, 2.45) is 0 Å². The number of aromatic nitrogens is 1. The van der Waals surface area contributed by atoms with Gasteiger partial charge >= 0.3 is 6.09 Å². The van der Waals surface area contributed by atoms with Crippen LogP contribution in [0.1, 0.15) is 45.0 Å². The third kappa shape index (κ3) is 2.29. The van der Waals surface area contributed by atoms with Crippen molar-refractivity contribution in [3.05, 3.63) is 15.0 Å². The molecule has 0 unspecified atom stereocenters. The maximum atomic E-state index is 11.8. The number of nitrogens with zero attached hydrogens (tertiary/aromatic N) is 1. The average molecular weight is 345 g/mol. The molecule has 0 saturated heterocycles. The predicted octanol–water partition coefficient (Wildman–Crippen LogP) is 3.60. The Morgan fingerprint density at radius 2 is 2.11 bits per heavy atom. The van der Waals surface area contributed by atoms with Crippen LogP contribution in [0.2, 0.25) is 0 Å². The standard InChI is InChI=1S/C13H17BrN2O2S/c1-11(2,3)18-10(17)16-13-5-12(6-13,7-13)9-15-4-8(14)19-9/h4H,5-7H2,1-3H3,(H,16,17). The van der Waals surface area contributed by atoms with Crippen LogP contribution in [-0.4, -0.2) is 22.2 Å². The van der Waals surface area contributed by atoms with Gasteiger partial charge in [0, 0.05) is 11.0 Å². The van der Waals surface area contributed by atoms with Crippen molar-refractivity contribution in [3.63, 3.8) is 0 Å². The number of halogens is 1. The Balaban J connectivity index is 1.57. The van der Waals surface area contributed by atoms with E-state index in [-0.39, 0.29) is 17.0 Å². The molecule has 4 nitrogen and oxygen atoms in total. The summed E-state index contributed by atoms with van der Waals surface area (Å²) in [5.74, 6) is 0. The number of carbonyl (C=O) groups is 1. The van der Waals surface area contributed by atoms with E-state index in [0.29, 0.717) is 0 Å². The Bertz CT molecular complexity index is 515. The molecule has 2 bridgehead atoms. The molecule has 1 aromatic heterocycles. The van der Waals surface area contributed by atoms with E-state index in [1.807, 2.05) is 27.0 Å². The first-order valence-electron chi connectivity index (χ1n) is 6.35. The molecule has 1 aromatic rings. The van der Waals surface area contributed by atoms with Crippen molar-refractivity contribution in [1.82, 2.24) is 10.3 Å². The van der Waals surface area contributed by atoms with Gasteiger partial charge in [0.15, 0.2) is 0 Å². The third-order valence-electron chi connectivity index (χ3n) is 3.73. The zero-order chi connectivity index (χ0) is 13.9. The minimum atomic E-state index is -0.439. The molecule has 1 N–H and O–H groups in total. The van der Waals surface area contributed by atoms with E-state index in [1.54, 1.807) is 11.3 Å². The molecule has 0 radical (unpaired) electrons. The molecular formula is C13H17BrN2O2S. The lowest BCUT2D eigenvalue weighted by Crippen LogP contribution is -2.76. The van der Waals surface area contributed by atoms with Gasteiger partial charge in [-0.1, -0.05) is 0 Å². The van der Waals surface area contributed by atoms with Crippen LogP contribution in [0.15, 0.2) is 9.98 Å². The van der Waals surface area contributed by atoms with E-state index in [2.05, 4.69) is 26.2 Å². The van der Waals surface area contributed by atoms with Gasteiger partial charge in [-0.3, -0.25) is 0 Å². The second-order valence-electron chi connectivity index (χ2n) is 6.69. The van der Waals surface area contributed by atoms with Crippen LogP contribution >= 0.6 is 27.3 Å². The summed E-state index contributed by atoms with van der Waals surface area (Å²) >= 11 is 5.15. The molecule has 0 aromatic carbocycles. The van der Waals surface area contributed by atoms with Crippen LogP contribution < -0.4 is 5.32 Å². The Labute approximate surface area is 125 Å². The second-order valence-corrected chi connectivity index (χ2v) is 9.10. The number of alkyl carbamates (subject to hydrolysis) is 1. The highest BCUT2D eigenvalue weighted by Crippen LogP contribution is 2.68. The molecule has 0 spiro atoms. The van der Waals surface area contributed by atoms with Crippen LogP contribution in [0.4, 0.5) is 4.79 Å². The number of rotatable bonds is 2. The van der Waals surface area contributed by atoms with Crippen LogP contribution in [0.3, 0.4) is 0 Å². The van der Waals surface area contributed by atoms with Crippen molar-refractivity contribution in [1.29, 1.82) is 0 Å². The van der Waals surface area contributed by atoms with Crippen molar-refractivity contribution in [2.45, 2.75) is 56.6 Å². The Morgan fingerprint density at radius 3 is 2.58 bits per heavy atom. The quantitative estimate of drug-likeness (QED) is 0.891. The minimum Gasteiger partial charge on any atom is -0.444 e. The molecule has 104 valence electrons. The maximum absolute atomic E-state index is 11.8. The Kier molecular flexibility index (Phi) is 2.78. The smallest absolute Gasteiger partial charge is 0.408 e. The lowest BCUT2D eigenvalue weighted by atomic mass is 9.39. The lowest BCUT2D eigenvalue weighted by molar-refractivity contribution is -0.0884. The van der Waals surface area contributed by atoms with Crippen LogP contribution in [0.5, 0.6) is 0 Å². The van der Waals surface area contributed by atoms with Gasteiger partial charge in [0.25, 0.3) is 0 Å². The summed E-state index contributed by atoms with van der Waals surface area (Å²) < 4.78 is 6.38. The third-order valence-corrected chi connectivity index (χ3v) is 5.45. The SMILES string of the molecule is CC(C)(C)OC(=O)NC12CC(c3ncc(Br)s3)(C1)C2. The molecule has 6 heteroatoms. The fourth-order valence-corrected chi connectivity index (χ4v) is 4.56. The van der Waals surface area contributed by atoms with Crippen molar-refractivity contribution >= 4 is 33.4 Å². The first kappa shape index (κ1) is 13.4. The normalized spacial score (nSPS) is 32.2. The number of hydrogen-bond acceptors (Lipinski definition) is 4. The molecule has 0 atom stereocenters. The van der Waals surface area contributed by atoms with Gasteiger partial charge in [0.2, 0.25) is 0 Å². The molecule has 3 aliphatic carbocycles. The van der Waals surface area contributed by atoms with E-state index >= 15 is 0 Å². The average Bonchev–Trinajstić information content (AvgIpc) is 2.52. The molecule has 19 heavy (non-hydrogen) atoms. The number of amides is 1. The van der Waals surface area contributed by atoms with Gasteiger partial charge in [0.05, 0.1) is 9.98 Å². The lowest BCUT2D eigenvalue weighted by Gasteiger charge is -2.69. The molecule has 1 amide bonds. The largest absolute Gasteiger partial charge is 0.444 e. The summed E-state index contributed by atoms with van der Waals surface area (Å²) in [6, 6.07) is 0. The summed E-state index contributed by atoms with van der Waals surface area (Å²) in [6.45, 7) is 5.63. The van der Waals surface area contributed by atoms with Crippen LogP contribution in [-0.2, 0) is 10.2 Å². The molecule has 1 heterocycles. The van der Waals surface area contributed by atoms with Gasteiger partial charge < -0.3 is 10.1 Å². The highest BCUT2D eigenvalue weighted by atomic mass is 79.9. The summed E-state index contributed by atoms with van der Waals surface area (Å²) in [6.07, 6.45) is 4.51. The van der Waals surface area contributed by atoms with E-state index in [0.717, 1.165) is 23.0 Å².